The molecule has 14 nitrogen and oxygen atoms in total. The minimum atomic E-state index is -1.62. The van der Waals surface area contributed by atoms with Gasteiger partial charge in [0.25, 0.3) is 5.91 Å². The standard InChI is InChI=1S/C28H36N6O8/c1-17-12-19(13-18(2)32-17)16-42-21-6-4-20(5-7-21)28(3)9-11-34(26(28)38)22(25(37)33-41)8-10-29-23(35)14-30-24(36)15-31-27(39)40/h4-7,12-13,22,31,41H,8-11,14-16H2,1-3H3,(H,29,35)(H,30,36)(H,33,37)(H,39,40)/p-1. The van der Waals surface area contributed by atoms with Gasteiger partial charge >= 0.3 is 0 Å². The Morgan fingerprint density at radius 3 is 2.29 bits per heavy atom. The summed E-state index contributed by atoms with van der Waals surface area (Å²) >= 11 is 0. The van der Waals surface area contributed by atoms with Crippen LogP contribution in [0.3, 0.4) is 0 Å². The zero-order chi connectivity index (χ0) is 30.9. The van der Waals surface area contributed by atoms with E-state index in [0.717, 1.165) is 22.5 Å². The number of amides is 5. The Labute approximate surface area is 242 Å². The smallest absolute Gasteiger partial charge is 0.266 e. The number of carbonyl (C=O) groups is 5. The van der Waals surface area contributed by atoms with Crippen LogP contribution in [0.5, 0.6) is 5.75 Å². The van der Waals surface area contributed by atoms with E-state index in [9.17, 15) is 34.3 Å². The maximum absolute atomic E-state index is 13.6. The summed E-state index contributed by atoms with van der Waals surface area (Å²) in [6.07, 6.45) is -1.20. The number of ether oxygens (including phenoxy) is 1. The Balaban J connectivity index is 1.57. The fourth-order valence-corrected chi connectivity index (χ4v) is 4.83. The second kappa shape index (κ2) is 14.3. The first-order valence-corrected chi connectivity index (χ1v) is 13.3. The van der Waals surface area contributed by atoms with Crippen LogP contribution >= 0.6 is 0 Å². The summed E-state index contributed by atoms with van der Waals surface area (Å²) in [6, 6.07) is 10.1. The van der Waals surface area contributed by atoms with Crippen LogP contribution in [0.1, 0.15) is 42.3 Å². The molecule has 0 radical (unpaired) electrons. The lowest BCUT2D eigenvalue weighted by Gasteiger charge is -2.29. The van der Waals surface area contributed by atoms with Crippen LogP contribution in [0.2, 0.25) is 0 Å². The molecule has 0 saturated carbocycles. The van der Waals surface area contributed by atoms with Crippen LogP contribution in [0, 0.1) is 13.8 Å². The van der Waals surface area contributed by atoms with Crippen LogP contribution in [-0.2, 0) is 31.2 Å². The van der Waals surface area contributed by atoms with Gasteiger partial charge in [0.2, 0.25) is 17.7 Å². The molecule has 5 amide bonds. The largest absolute Gasteiger partial charge is 0.530 e. The second-order valence-electron chi connectivity index (χ2n) is 10.2. The monoisotopic (exact) mass is 583 g/mol. The molecule has 42 heavy (non-hydrogen) atoms. The molecular formula is C28H35N6O8-. The van der Waals surface area contributed by atoms with E-state index in [0.29, 0.717) is 18.8 Å². The van der Waals surface area contributed by atoms with Crippen molar-refractivity contribution < 1.29 is 39.0 Å². The number of hydrogen-bond donors (Lipinski definition) is 5. The molecule has 2 heterocycles. The van der Waals surface area contributed by atoms with Gasteiger partial charge in [-0.15, -0.1) is 0 Å². The third kappa shape index (κ3) is 8.39. The molecule has 1 saturated heterocycles. The summed E-state index contributed by atoms with van der Waals surface area (Å²) in [7, 11) is 0. The summed E-state index contributed by atoms with van der Waals surface area (Å²) in [5.41, 5.74) is 4.24. The molecule has 1 aliphatic heterocycles. The van der Waals surface area contributed by atoms with Crippen molar-refractivity contribution in [1.29, 1.82) is 0 Å². The molecule has 0 bridgehead atoms. The van der Waals surface area contributed by atoms with Crippen molar-refractivity contribution in [3.8, 4) is 5.75 Å². The van der Waals surface area contributed by atoms with E-state index in [1.807, 2.05) is 38.1 Å². The van der Waals surface area contributed by atoms with Crippen molar-refractivity contribution >= 4 is 29.7 Å². The van der Waals surface area contributed by atoms with Crippen molar-refractivity contribution in [2.45, 2.75) is 51.7 Å². The predicted molar refractivity (Wildman–Crippen MR) is 146 cm³/mol. The first-order chi connectivity index (χ1) is 19.9. The number of carbonyl (C=O) groups excluding carboxylic acids is 5. The fourth-order valence-electron chi connectivity index (χ4n) is 4.83. The van der Waals surface area contributed by atoms with Gasteiger partial charge in [-0.3, -0.25) is 29.4 Å². The zero-order valence-electron chi connectivity index (χ0n) is 23.7. The predicted octanol–water partition coefficient (Wildman–Crippen LogP) is -0.803. The summed E-state index contributed by atoms with van der Waals surface area (Å²) in [4.78, 5) is 65.7. The first-order valence-electron chi connectivity index (χ1n) is 13.3. The maximum Gasteiger partial charge on any atom is 0.266 e. The normalized spacial score (nSPS) is 16.9. The number of pyridine rings is 1. The van der Waals surface area contributed by atoms with E-state index in [2.05, 4.69) is 15.6 Å². The molecule has 0 spiro atoms. The average Bonchev–Trinajstić information content (AvgIpc) is 3.25. The SMILES string of the molecule is Cc1cc(COc2ccc(C3(C)CCN(C(CCNC(=O)CNC(=O)CNC(=O)[O-])C(=O)NO)C3=O)cc2)cc(C)n1. The maximum atomic E-state index is 13.6. The molecular weight excluding hydrogens is 548 g/mol. The fraction of sp³-hybridized carbons (Fsp3) is 0.429. The molecule has 14 heteroatoms. The number of hydrogen-bond acceptors (Lipinski definition) is 9. The van der Waals surface area contributed by atoms with E-state index < -0.39 is 48.4 Å². The Morgan fingerprint density at radius 1 is 1.05 bits per heavy atom. The summed E-state index contributed by atoms with van der Waals surface area (Å²) in [5, 5.41) is 26.1. The van der Waals surface area contributed by atoms with Gasteiger partial charge in [0, 0.05) is 24.5 Å². The van der Waals surface area contributed by atoms with Gasteiger partial charge < -0.3 is 35.5 Å². The molecule has 0 aliphatic carbocycles. The lowest BCUT2D eigenvalue weighted by molar-refractivity contribution is -0.250. The van der Waals surface area contributed by atoms with Crippen molar-refractivity contribution in [3.05, 3.63) is 58.9 Å². The second-order valence-corrected chi connectivity index (χ2v) is 10.2. The highest BCUT2D eigenvalue weighted by molar-refractivity contribution is 5.94. The van der Waals surface area contributed by atoms with Gasteiger partial charge in [0.15, 0.2) is 0 Å². The zero-order valence-corrected chi connectivity index (χ0v) is 23.7. The van der Waals surface area contributed by atoms with Crippen LogP contribution in [0.15, 0.2) is 36.4 Å². The molecule has 5 N–H and O–H groups in total. The molecule has 3 rings (SSSR count). The highest BCUT2D eigenvalue weighted by Crippen LogP contribution is 2.37. The Bertz CT molecular complexity index is 1300. The van der Waals surface area contributed by atoms with Gasteiger partial charge in [0.05, 0.1) is 18.5 Å². The van der Waals surface area contributed by atoms with Crippen molar-refractivity contribution in [1.82, 2.24) is 31.3 Å². The Hall–Kier alpha value is -4.72. The van der Waals surface area contributed by atoms with Gasteiger partial charge in [0.1, 0.15) is 24.5 Å². The van der Waals surface area contributed by atoms with E-state index >= 15 is 0 Å². The number of carboxylic acid groups (broad SMARTS) is 1. The van der Waals surface area contributed by atoms with Crippen molar-refractivity contribution in [3.63, 3.8) is 0 Å². The van der Waals surface area contributed by atoms with Crippen LogP contribution < -0.4 is 31.3 Å². The third-order valence-electron chi connectivity index (χ3n) is 6.99. The lowest BCUT2D eigenvalue weighted by atomic mass is 9.81. The van der Waals surface area contributed by atoms with E-state index in [4.69, 9.17) is 4.74 Å². The summed E-state index contributed by atoms with van der Waals surface area (Å²) in [6.45, 7) is 5.24. The number of nitrogens with one attached hydrogen (secondary N) is 4. The number of aromatic nitrogens is 1. The molecule has 1 fully saturated rings. The van der Waals surface area contributed by atoms with Crippen LogP contribution in [0.4, 0.5) is 4.79 Å². The number of aryl methyl sites for hydroxylation is 2. The van der Waals surface area contributed by atoms with Crippen molar-refractivity contribution in [2.24, 2.45) is 0 Å². The number of benzene rings is 1. The highest BCUT2D eigenvalue weighted by Gasteiger charge is 2.47. The van der Waals surface area contributed by atoms with Crippen LogP contribution in [0.25, 0.3) is 0 Å². The molecule has 1 aromatic carbocycles. The molecule has 2 aromatic rings. The summed E-state index contributed by atoms with van der Waals surface area (Å²) in [5.74, 6) is -1.78. The van der Waals surface area contributed by atoms with Crippen molar-refractivity contribution in [2.75, 3.05) is 26.2 Å². The number of likely N-dealkylation sites (tertiary alicyclic amines) is 1. The van der Waals surface area contributed by atoms with E-state index in [-0.39, 0.29) is 25.4 Å². The number of hydroxylamine groups is 1. The Kier molecular flexibility index (Phi) is 10.8. The quantitative estimate of drug-likeness (QED) is 0.148. The topological polar surface area (TPSA) is 202 Å². The number of rotatable bonds is 13. The summed E-state index contributed by atoms with van der Waals surface area (Å²) < 4.78 is 5.91. The average molecular weight is 584 g/mol. The lowest BCUT2D eigenvalue weighted by Crippen LogP contribution is -2.50. The number of nitrogens with zero attached hydrogens (tertiary/aromatic N) is 2. The Morgan fingerprint density at radius 2 is 1.67 bits per heavy atom. The van der Waals surface area contributed by atoms with Gasteiger partial charge in [-0.05, 0) is 69.0 Å². The first kappa shape index (κ1) is 31.8. The van der Waals surface area contributed by atoms with Crippen LogP contribution in [-0.4, -0.2) is 77.0 Å². The molecule has 226 valence electrons. The van der Waals surface area contributed by atoms with Gasteiger partial charge in [-0.2, -0.15) is 0 Å². The molecule has 1 aliphatic rings. The molecule has 2 unspecified atom stereocenters. The van der Waals surface area contributed by atoms with Gasteiger partial charge in [-0.1, -0.05) is 12.1 Å². The van der Waals surface area contributed by atoms with E-state index in [1.165, 1.54) is 4.90 Å². The minimum Gasteiger partial charge on any atom is -0.530 e. The van der Waals surface area contributed by atoms with E-state index in [1.54, 1.807) is 29.9 Å². The minimum absolute atomic E-state index is 0.000864. The third-order valence-corrected chi connectivity index (χ3v) is 6.99. The van der Waals surface area contributed by atoms with Gasteiger partial charge in [-0.25, -0.2) is 5.48 Å². The molecule has 1 aromatic heterocycles. The highest BCUT2D eigenvalue weighted by atomic mass is 16.5. The molecule has 2 atom stereocenters.